The predicted octanol–water partition coefficient (Wildman–Crippen LogP) is 3.34. The van der Waals surface area contributed by atoms with Crippen LogP contribution in [0.5, 0.6) is 0 Å². The first-order valence-electron chi connectivity index (χ1n) is 10.3. The average Bonchev–Trinajstić information content (AvgIpc) is 3.10. The normalized spacial score (nSPS) is 27.0. The molecular weight excluding hydrogens is 408 g/mol. The number of carbonyl (C=O) groups is 3. The molecule has 0 unspecified atom stereocenters. The quantitative estimate of drug-likeness (QED) is 0.278. The molecule has 7 heteroatoms. The largest absolute Gasteiger partial charge is 0.302 e. The van der Waals surface area contributed by atoms with Crippen LogP contribution in [0.15, 0.2) is 72.8 Å². The molecule has 1 saturated heterocycles. The third kappa shape index (κ3) is 2.03. The molecule has 0 radical (unpaired) electrons. The Morgan fingerprint density at radius 2 is 1.50 bits per heavy atom. The number of carbonyl (C=O) groups excluding carboxylic acids is 3. The Kier molecular flexibility index (Phi) is 3.61. The Morgan fingerprint density at radius 1 is 0.875 bits per heavy atom. The van der Waals surface area contributed by atoms with E-state index in [0.717, 1.165) is 33.4 Å². The van der Waals surface area contributed by atoms with Crippen molar-refractivity contribution >= 4 is 29.5 Å². The first-order chi connectivity index (χ1) is 15.5. The molecule has 2 atom stereocenters. The smallest absolute Gasteiger partial charge is 0.271 e. The van der Waals surface area contributed by atoms with Crippen LogP contribution in [0.2, 0.25) is 0 Å². The molecule has 2 bridgehead atoms. The Bertz CT molecular complexity index is 1320. The molecule has 7 nitrogen and oxygen atoms in total. The van der Waals surface area contributed by atoms with Gasteiger partial charge in [-0.15, -0.1) is 0 Å². The Hall–Kier alpha value is -4.13. The van der Waals surface area contributed by atoms with E-state index in [0.29, 0.717) is 0 Å². The minimum atomic E-state index is -1.28. The molecule has 3 aromatic rings. The van der Waals surface area contributed by atoms with Crippen molar-refractivity contribution in [1.82, 2.24) is 0 Å². The number of nitro groups is 1. The van der Waals surface area contributed by atoms with Gasteiger partial charge in [0.15, 0.2) is 0 Å². The van der Waals surface area contributed by atoms with Crippen molar-refractivity contribution in [2.24, 2.45) is 11.8 Å². The molecule has 0 aromatic heterocycles. The Balaban J connectivity index is 1.61. The van der Waals surface area contributed by atoms with Crippen LogP contribution in [0, 0.1) is 22.0 Å². The maximum Gasteiger partial charge on any atom is 0.271 e. The van der Waals surface area contributed by atoms with Gasteiger partial charge in [0.2, 0.25) is 11.8 Å². The number of rotatable bonds is 3. The molecule has 1 fully saturated rings. The lowest BCUT2D eigenvalue weighted by Gasteiger charge is -2.51. The summed E-state index contributed by atoms with van der Waals surface area (Å²) in [6.45, 7) is 0. The summed E-state index contributed by atoms with van der Waals surface area (Å²) in [6, 6.07) is 20.4. The summed E-state index contributed by atoms with van der Waals surface area (Å²) in [5, 5.41) is 11.3. The fraction of sp³-hybridized carbons (Fsp3) is 0.160. The van der Waals surface area contributed by atoms with Gasteiger partial charge in [-0.1, -0.05) is 54.6 Å². The molecule has 7 rings (SSSR count). The number of hydrogen-bond acceptors (Lipinski definition) is 5. The summed E-state index contributed by atoms with van der Waals surface area (Å²) in [5.74, 6) is -2.95. The molecule has 0 saturated carbocycles. The van der Waals surface area contributed by atoms with E-state index in [1.165, 1.54) is 24.3 Å². The van der Waals surface area contributed by atoms with E-state index in [1.807, 2.05) is 48.5 Å². The highest BCUT2D eigenvalue weighted by Crippen LogP contribution is 2.63. The lowest BCUT2D eigenvalue weighted by molar-refractivity contribution is -0.384. The standard InChI is InChI=1S/C25H16N2O5/c28-13-25-18-10-3-1-8-16(18)20(17-9-2-4-11-19(17)25)21-22(25)24(30)26(23(21)29)14-6-5-7-15(12-14)27(31)32/h1-13,20-22H/t20?,21-,22+,25?/m1/s1. The monoisotopic (exact) mass is 424 g/mol. The van der Waals surface area contributed by atoms with E-state index >= 15 is 0 Å². The highest BCUT2D eigenvalue weighted by Gasteiger charge is 2.68. The van der Waals surface area contributed by atoms with Crippen molar-refractivity contribution < 1.29 is 19.3 Å². The summed E-state index contributed by atoms with van der Waals surface area (Å²) in [7, 11) is 0. The first-order valence-corrected chi connectivity index (χ1v) is 10.3. The zero-order valence-corrected chi connectivity index (χ0v) is 16.7. The number of imide groups is 1. The van der Waals surface area contributed by atoms with Crippen LogP contribution in [-0.4, -0.2) is 23.0 Å². The SMILES string of the molecule is O=CC12c3ccccc3C(c3ccccc31)[C@H]1C(=O)N(c3cccc([N+](=O)[O-])c3)C(=O)[C@H]12. The number of nitro benzene ring substituents is 1. The van der Waals surface area contributed by atoms with Gasteiger partial charge in [-0.25, -0.2) is 4.90 Å². The molecule has 0 spiro atoms. The van der Waals surface area contributed by atoms with Crippen LogP contribution >= 0.6 is 0 Å². The maximum atomic E-state index is 13.8. The molecule has 32 heavy (non-hydrogen) atoms. The van der Waals surface area contributed by atoms with Crippen molar-refractivity contribution in [2.75, 3.05) is 4.90 Å². The first kappa shape index (κ1) is 18.6. The van der Waals surface area contributed by atoms with Crippen LogP contribution in [0.1, 0.15) is 28.2 Å². The summed E-state index contributed by atoms with van der Waals surface area (Å²) in [4.78, 5) is 52.1. The van der Waals surface area contributed by atoms with Gasteiger partial charge in [0, 0.05) is 18.1 Å². The minimum absolute atomic E-state index is 0.150. The number of non-ortho nitro benzene ring substituents is 1. The maximum absolute atomic E-state index is 13.8. The van der Waals surface area contributed by atoms with Gasteiger partial charge in [0.25, 0.3) is 5.69 Å². The molecule has 4 aliphatic rings. The number of aldehydes is 1. The number of anilines is 1. The lowest BCUT2D eigenvalue weighted by Crippen LogP contribution is -2.54. The fourth-order valence-corrected chi connectivity index (χ4v) is 6.03. The predicted molar refractivity (Wildman–Crippen MR) is 114 cm³/mol. The summed E-state index contributed by atoms with van der Waals surface area (Å²) in [5.41, 5.74) is 1.91. The Morgan fingerprint density at radius 3 is 2.09 bits per heavy atom. The van der Waals surface area contributed by atoms with E-state index < -0.39 is 34.0 Å². The summed E-state index contributed by atoms with van der Waals surface area (Å²) in [6.07, 6.45) is 0.805. The van der Waals surface area contributed by atoms with E-state index in [9.17, 15) is 24.5 Å². The number of hydrogen-bond donors (Lipinski definition) is 0. The van der Waals surface area contributed by atoms with Crippen molar-refractivity contribution in [1.29, 1.82) is 0 Å². The zero-order valence-electron chi connectivity index (χ0n) is 16.7. The van der Waals surface area contributed by atoms with Crippen LogP contribution in [0.3, 0.4) is 0 Å². The van der Waals surface area contributed by atoms with E-state index in [4.69, 9.17) is 0 Å². The van der Waals surface area contributed by atoms with Crippen LogP contribution in [0.25, 0.3) is 0 Å². The second kappa shape index (κ2) is 6.20. The third-order valence-electron chi connectivity index (χ3n) is 7.17. The van der Waals surface area contributed by atoms with E-state index in [2.05, 4.69) is 0 Å². The molecule has 2 amide bonds. The van der Waals surface area contributed by atoms with Crippen molar-refractivity contribution in [3.05, 3.63) is 105 Å². The van der Waals surface area contributed by atoms with Crippen LogP contribution < -0.4 is 4.90 Å². The second-order valence-corrected chi connectivity index (χ2v) is 8.43. The van der Waals surface area contributed by atoms with Gasteiger partial charge in [-0.3, -0.25) is 19.7 Å². The van der Waals surface area contributed by atoms with E-state index in [-0.39, 0.29) is 17.3 Å². The molecule has 1 heterocycles. The second-order valence-electron chi connectivity index (χ2n) is 8.43. The van der Waals surface area contributed by atoms with Gasteiger partial charge >= 0.3 is 0 Å². The van der Waals surface area contributed by atoms with Gasteiger partial charge < -0.3 is 4.79 Å². The van der Waals surface area contributed by atoms with Gasteiger partial charge in [0.05, 0.1) is 27.9 Å². The highest BCUT2D eigenvalue weighted by atomic mass is 16.6. The Labute approximate surface area is 182 Å². The van der Waals surface area contributed by atoms with Crippen LogP contribution in [-0.2, 0) is 19.8 Å². The third-order valence-corrected chi connectivity index (χ3v) is 7.17. The van der Waals surface area contributed by atoms with Crippen molar-refractivity contribution in [2.45, 2.75) is 11.3 Å². The van der Waals surface area contributed by atoms with E-state index in [1.54, 1.807) is 0 Å². The van der Waals surface area contributed by atoms with Gasteiger partial charge in [-0.05, 0) is 28.3 Å². The molecule has 0 N–H and O–H groups in total. The fourth-order valence-electron chi connectivity index (χ4n) is 6.03. The topological polar surface area (TPSA) is 97.6 Å². The van der Waals surface area contributed by atoms with Gasteiger partial charge in [-0.2, -0.15) is 0 Å². The number of nitrogens with zero attached hydrogens (tertiary/aromatic N) is 2. The molecule has 3 aliphatic carbocycles. The molecule has 156 valence electrons. The average molecular weight is 424 g/mol. The zero-order chi connectivity index (χ0) is 22.2. The summed E-state index contributed by atoms with van der Waals surface area (Å²) < 4.78 is 0. The molecule has 3 aromatic carbocycles. The lowest BCUT2D eigenvalue weighted by atomic mass is 9.48. The minimum Gasteiger partial charge on any atom is -0.302 e. The van der Waals surface area contributed by atoms with Crippen molar-refractivity contribution in [3.8, 4) is 0 Å². The number of amides is 2. The van der Waals surface area contributed by atoms with Crippen LogP contribution in [0.4, 0.5) is 11.4 Å². The molecule has 1 aliphatic heterocycles. The number of benzene rings is 3. The summed E-state index contributed by atoms with van der Waals surface area (Å²) >= 11 is 0. The highest BCUT2D eigenvalue weighted by molar-refractivity contribution is 6.25. The van der Waals surface area contributed by atoms with Gasteiger partial charge in [0.1, 0.15) is 6.29 Å². The van der Waals surface area contributed by atoms with Crippen molar-refractivity contribution in [3.63, 3.8) is 0 Å². The molecular formula is C25H16N2O5.